The molecule has 0 bridgehead atoms. The molecule has 0 amide bonds. The molecule has 21 heavy (non-hydrogen) atoms. The molecule has 0 spiro atoms. The Labute approximate surface area is 125 Å². The summed E-state index contributed by atoms with van der Waals surface area (Å²) in [5, 5.41) is 13.0. The summed E-state index contributed by atoms with van der Waals surface area (Å²) >= 11 is 0. The number of aromatic nitrogens is 2. The molecular formula is C13H24N4O3S. The zero-order valence-corrected chi connectivity index (χ0v) is 13.2. The summed E-state index contributed by atoms with van der Waals surface area (Å²) in [6.07, 6.45) is 5.36. The molecule has 3 N–H and O–H groups in total. The molecular weight excluding hydrogens is 292 g/mol. The lowest BCUT2D eigenvalue weighted by molar-refractivity contribution is 0.264. The molecule has 1 fully saturated rings. The van der Waals surface area contributed by atoms with Crippen LogP contribution in [0.25, 0.3) is 0 Å². The fraction of sp³-hybridized carbons (Fsp3) is 0.769. The van der Waals surface area contributed by atoms with Crippen LogP contribution in [-0.2, 0) is 16.6 Å². The molecule has 1 aromatic heterocycles. The highest BCUT2D eigenvalue weighted by Crippen LogP contribution is 2.30. The monoisotopic (exact) mass is 316 g/mol. The van der Waals surface area contributed by atoms with E-state index < -0.39 is 10.0 Å². The number of sulfonamides is 1. The van der Waals surface area contributed by atoms with Gasteiger partial charge in [-0.15, -0.1) is 0 Å². The summed E-state index contributed by atoms with van der Waals surface area (Å²) in [5.74, 6) is 0.0660. The molecule has 0 aromatic carbocycles. The van der Waals surface area contributed by atoms with Crippen molar-refractivity contribution in [3.63, 3.8) is 0 Å². The van der Waals surface area contributed by atoms with Crippen LogP contribution >= 0.6 is 0 Å². The molecule has 2 heterocycles. The Hall–Kier alpha value is -1.12. The number of nitrogen functional groups attached to an aromatic ring is 1. The van der Waals surface area contributed by atoms with E-state index in [1.165, 1.54) is 10.5 Å². The number of aliphatic hydroxyl groups excluding tert-OH is 1. The van der Waals surface area contributed by atoms with Crippen LogP contribution in [0.1, 0.15) is 39.0 Å². The lowest BCUT2D eigenvalue weighted by Gasteiger charge is -2.23. The van der Waals surface area contributed by atoms with E-state index in [0.717, 1.165) is 19.3 Å². The number of nitrogens with zero attached hydrogens (tertiary/aromatic N) is 3. The lowest BCUT2D eigenvalue weighted by atomic mass is 10.1. The fourth-order valence-electron chi connectivity index (χ4n) is 2.83. The van der Waals surface area contributed by atoms with Gasteiger partial charge in [-0.1, -0.05) is 6.92 Å². The van der Waals surface area contributed by atoms with E-state index in [1.807, 2.05) is 6.92 Å². The molecule has 1 saturated heterocycles. The number of nitrogens with two attached hydrogens (primary N) is 1. The quantitative estimate of drug-likeness (QED) is 0.775. The van der Waals surface area contributed by atoms with Gasteiger partial charge in [0.1, 0.15) is 4.90 Å². The van der Waals surface area contributed by atoms with Gasteiger partial charge in [-0.3, -0.25) is 4.68 Å². The summed E-state index contributed by atoms with van der Waals surface area (Å²) < 4.78 is 28.7. The van der Waals surface area contributed by atoms with Crippen molar-refractivity contribution in [1.82, 2.24) is 14.1 Å². The fourth-order valence-corrected chi connectivity index (χ4v) is 4.61. The molecule has 0 saturated carbocycles. The lowest BCUT2D eigenvalue weighted by Crippen LogP contribution is -2.35. The summed E-state index contributed by atoms with van der Waals surface area (Å²) in [5.41, 5.74) is 5.79. The number of rotatable bonds is 7. The molecule has 0 radical (unpaired) electrons. The van der Waals surface area contributed by atoms with Crippen LogP contribution in [0.2, 0.25) is 0 Å². The Morgan fingerprint density at radius 2 is 2.29 bits per heavy atom. The van der Waals surface area contributed by atoms with Crippen molar-refractivity contribution in [2.24, 2.45) is 0 Å². The molecule has 2 rings (SSSR count). The normalized spacial score (nSPS) is 20.2. The van der Waals surface area contributed by atoms with Gasteiger partial charge in [0.05, 0.1) is 0 Å². The highest BCUT2D eigenvalue weighted by Gasteiger charge is 2.36. The molecule has 7 nitrogen and oxygen atoms in total. The van der Waals surface area contributed by atoms with Crippen LogP contribution in [0.3, 0.4) is 0 Å². The maximum atomic E-state index is 12.8. The predicted molar refractivity (Wildman–Crippen MR) is 80.2 cm³/mol. The SMILES string of the molecule is CCCn1cc(S(=O)(=O)N2CCCC2CCCO)c(N)n1. The maximum Gasteiger partial charge on any atom is 0.248 e. The second kappa shape index (κ2) is 6.76. The van der Waals surface area contributed by atoms with Crippen LogP contribution in [0, 0.1) is 0 Å². The predicted octanol–water partition coefficient (Wildman–Crippen LogP) is 0.801. The van der Waals surface area contributed by atoms with E-state index in [9.17, 15) is 8.42 Å². The third-order valence-corrected chi connectivity index (χ3v) is 5.78. The number of hydrogen-bond donors (Lipinski definition) is 2. The van der Waals surface area contributed by atoms with Gasteiger partial charge in [-0.2, -0.15) is 9.40 Å². The van der Waals surface area contributed by atoms with Crippen molar-refractivity contribution < 1.29 is 13.5 Å². The zero-order chi connectivity index (χ0) is 15.5. The first-order valence-corrected chi connectivity index (χ1v) is 8.90. The molecule has 1 unspecified atom stereocenters. The Kier molecular flexibility index (Phi) is 5.23. The number of anilines is 1. The Morgan fingerprint density at radius 3 is 2.95 bits per heavy atom. The van der Waals surface area contributed by atoms with Crippen LogP contribution in [0.15, 0.2) is 11.1 Å². The van der Waals surface area contributed by atoms with E-state index in [-0.39, 0.29) is 23.4 Å². The largest absolute Gasteiger partial charge is 0.396 e. The molecule has 1 aliphatic heterocycles. The average molecular weight is 316 g/mol. The van der Waals surface area contributed by atoms with Gasteiger partial charge >= 0.3 is 0 Å². The number of aryl methyl sites for hydroxylation is 1. The first-order chi connectivity index (χ1) is 10.0. The third-order valence-electron chi connectivity index (χ3n) is 3.81. The Morgan fingerprint density at radius 1 is 1.52 bits per heavy atom. The number of hydrogen-bond acceptors (Lipinski definition) is 5. The van der Waals surface area contributed by atoms with E-state index in [1.54, 1.807) is 4.68 Å². The van der Waals surface area contributed by atoms with Crippen molar-refractivity contribution in [2.75, 3.05) is 18.9 Å². The van der Waals surface area contributed by atoms with E-state index in [4.69, 9.17) is 10.8 Å². The summed E-state index contributed by atoms with van der Waals surface area (Å²) in [4.78, 5) is 0.104. The smallest absolute Gasteiger partial charge is 0.248 e. The summed E-state index contributed by atoms with van der Waals surface area (Å²) in [6.45, 7) is 3.24. The zero-order valence-electron chi connectivity index (χ0n) is 12.4. The van der Waals surface area contributed by atoms with Crippen molar-refractivity contribution in [3.8, 4) is 0 Å². The first kappa shape index (κ1) is 16.3. The van der Waals surface area contributed by atoms with E-state index in [0.29, 0.717) is 25.9 Å². The molecule has 120 valence electrons. The third kappa shape index (κ3) is 3.38. The van der Waals surface area contributed by atoms with Gasteiger partial charge in [0.25, 0.3) is 0 Å². The van der Waals surface area contributed by atoms with Gasteiger partial charge in [-0.05, 0) is 32.1 Å². The van der Waals surface area contributed by atoms with Gasteiger partial charge in [0, 0.05) is 31.9 Å². The van der Waals surface area contributed by atoms with Crippen LogP contribution in [0.4, 0.5) is 5.82 Å². The van der Waals surface area contributed by atoms with Gasteiger partial charge in [0.15, 0.2) is 5.82 Å². The Bertz CT molecular complexity index is 570. The highest BCUT2D eigenvalue weighted by molar-refractivity contribution is 7.89. The molecule has 1 aliphatic rings. The molecule has 8 heteroatoms. The highest BCUT2D eigenvalue weighted by atomic mass is 32.2. The average Bonchev–Trinajstić information content (AvgIpc) is 3.04. The first-order valence-electron chi connectivity index (χ1n) is 7.46. The summed E-state index contributed by atoms with van der Waals surface area (Å²) in [6, 6.07) is -0.0453. The van der Waals surface area contributed by atoms with Crippen LogP contribution < -0.4 is 5.73 Å². The summed E-state index contributed by atoms with van der Waals surface area (Å²) in [7, 11) is -3.60. The minimum Gasteiger partial charge on any atom is -0.396 e. The molecule has 1 atom stereocenters. The van der Waals surface area contributed by atoms with Gasteiger partial charge in [-0.25, -0.2) is 8.42 Å². The topological polar surface area (TPSA) is 101 Å². The van der Waals surface area contributed by atoms with E-state index in [2.05, 4.69) is 5.10 Å². The van der Waals surface area contributed by atoms with E-state index >= 15 is 0 Å². The minimum atomic E-state index is -3.60. The second-order valence-corrected chi connectivity index (χ2v) is 7.28. The second-order valence-electron chi connectivity index (χ2n) is 5.42. The standard InChI is InChI=1S/C13H24N4O3S/c1-2-7-16-10-12(13(14)15-16)21(19,20)17-8-3-5-11(17)6-4-9-18/h10-11,18H,2-9H2,1H3,(H2,14,15). The van der Waals surface area contributed by atoms with Crippen molar-refractivity contribution in [3.05, 3.63) is 6.20 Å². The van der Waals surface area contributed by atoms with Gasteiger partial charge in [0.2, 0.25) is 10.0 Å². The van der Waals surface area contributed by atoms with Crippen molar-refractivity contribution >= 4 is 15.8 Å². The minimum absolute atomic E-state index is 0.0453. The van der Waals surface area contributed by atoms with Gasteiger partial charge < -0.3 is 10.8 Å². The molecule has 0 aliphatic carbocycles. The number of aliphatic hydroxyl groups is 1. The van der Waals surface area contributed by atoms with Crippen LogP contribution in [-0.4, -0.2) is 46.8 Å². The molecule has 1 aromatic rings. The van der Waals surface area contributed by atoms with Crippen molar-refractivity contribution in [2.45, 2.75) is 56.5 Å². The Balaban J connectivity index is 2.24. The van der Waals surface area contributed by atoms with Crippen molar-refractivity contribution in [1.29, 1.82) is 0 Å². The maximum absolute atomic E-state index is 12.8. The van der Waals surface area contributed by atoms with Crippen LogP contribution in [0.5, 0.6) is 0 Å².